The molecule has 0 bridgehead atoms. The molecule has 0 aromatic heterocycles. The van der Waals surface area contributed by atoms with Crippen LogP contribution >= 0.6 is 0 Å². The quantitative estimate of drug-likeness (QED) is 0.485. The molecule has 0 heterocycles. The molecule has 110 valence electrons. The van der Waals surface area contributed by atoms with E-state index < -0.39 is 31.6 Å². The second-order valence-corrected chi connectivity index (χ2v) is 13.6. The van der Waals surface area contributed by atoms with E-state index in [4.69, 9.17) is 9.16 Å². The Morgan fingerprint density at radius 3 is 2.35 bits per heavy atom. The van der Waals surface area contributed by atoms with Crippen LogP contribution in [0.25, 0.3) is 0 Å². The minimum absolute atomic E-state index is 0. The van der Waals surface area contributed by atoms with E-state index in [2.05, 4.69) is 43.9 Å². The number of hydrogen-bond acceptors (Lipinski definition) is 2. The first kappa shape index (κ1) is 20.2. The maximum absolute atomic E-state index is 6.11. The van der Waals surface area contributed by atoms with E-state index in [0.717, 1.165) is 24.4 Å². The van der Waals surface area contributed by atoms with Crippen LogP contribution in [0.2, 0.25) is 19.6 Å². The van der Waals surface area contributed by atoms with Gasteiger partial charge in [0, 0.05) is 0 Å². The summed E-state index contributed by atoms with van der Waals surface area (Å²) in [4.78, 5) is 0. The third-order valence-corrected chi connectivity index (χ3v) is 7.03. The molecule has 0 aliphatic heterocycles. The van der Waals surface area contributed by atoms with Crippen molar-refractivity contribution in [2.75, 3.05) is 7.11 Å². The Hall–Kier alpha value is 0.240. The summed E-state index contributed by atoms with van der Waals surface area (Å²) < 4.78 is 14.9. The van der Waals surface area contributed by atoms with E-state index in [0.29, 0.717) is 0 Å². The summed E-state index contributed by atoms with van der Waals surface area (Å²) in [6, 6.07) is 0. The van der Waals surface area contributed by atoms with Crippen LogP contribution < -0.4 is 24.8 Å². The first-order valence-corrected chi connectivity index (χ1v) is 12.2. The fourth-order valence-corrected chi connectivity index (χ4v) is 6.12. The van der Waals surface area contributed by atoms with Crippen molar-refractivity contribution in [2.24, 2.45) is 0 Å². The van der Waals surface area contributed by atoms with Gasteiger partial charge in [-0.05, 0) is 0 Å². The molecule has 2 rings (SSSR count). The van der Waals surface area contributed by atoms with Crippen LogP contribution in [0.5, 0.6) is 0 Å². The molecule has 6 heteroatoms. The minimum Gasteiger partial charge on any atom is -1.00 e. The van der Waals surface area contributed by atoms with Crippen molar-refractivity contribution in [3.63, 3.8) is 0 Å². The number of ether oxygens (including phenoxy) is 1. The number of allylic oxidation sites excluding steroid dienone is 6. The van der Waals surface area contributed by atoms with Gasteiger partial charge in [0.2, 0.25) is 0 Å². The largest absolute Gasteiger partial charge is 1.00 e. The summed E-state index contributed by atoms with van der Waals surface area (Å²) in [5.41, 5.74) is 0. The van der Waals surface area contributed by atoms with E-state index in [1.54, 1.807) is 10.4 Å². The smallest absolute Gasteiger partial charge is 1.00 e. The third-order valence-electron chi connectivity index (χ3n) is 2.69. The van der Waals surface area contributed by atoms with E-state index in [9.17, 15) is 0 Å². The number of hydrogen-bond donors (Lipinski definition) is 0. The average Bonchev–Trinajstić information content (AvgIpc) is 2.87. The van der Waals surface area contributed by atoms with Gasteiger partial charge in [0.05, 0.1) is 0 Å². The van der Waals surface area contributed by atoms with E-state index in [1.165, 1.54) is 3.28 Å². The first-order valence-electron chi connectivity index (χ1n) is 6.29. The van der Waals surface area contributed by atoms with Crippen molar-refractivity contribution in [1.82, 2.24) is 0 Å². The molecular formula is C14H20Cl2O2SiZr. The predicted octanol–water partition coefficient (Wildman–Crippen LogP) is -2.08. The molecule has 0 aromatic rings. The molecule has 0 saturated carbocycles. The molecule has 0 aromatic carbocycles. The van der Waals surface area contributed by atoms with Gasteiger partial charge < -0.3 is 24.8 Å². The van der Waals surface area contributed by atoms with Crippen molar-refractivity contribution in [1.29, 1.82) is 0 Å². The molecule has 0 radical (unpaired) electrons. The molecule has 0 N–H and O–H groups in total. The second-order valence-electron chi connectivity index (χ2n) is 5.45. The Balaban J connectivity index is 0.00000180. The normalized spacial score (nSPS) is 16.8. The number of halogens is 2. The van der Waals surface area contributed by atoms with Crippen LogP contribution in [0.3, 0.4) is 0 Å². The predicted molar refractivity (Wildman–Crippen MR) is 73.0 cm³/mol. The minimum atomic E-state index is -1.54. The molecule has 0 saturated heterocycles. The van der Waals surface area contributed by atoms with Crippen LogP contribution in [0.15, 0.2) is 42.4 Å². The molecule has 0 fully saturated rings. The molecule has 0 atom stereocenters. The monoisotopic (exact) mass is 408 g/mol. The molecule has 0 spiro atoms. The van der Waals surface area contributed by atoms with Crippen LogP contribution in [-0.4, -0.2) is 15.4 Å². The molecule has 20 heavy (non-hydrogen) atoms. The van der Waals surface area contributed by atoms with E-state index in [-0.39, 0.29) is 24.8 Å². The van der Waals surface area contributed by atoms with Gasteiger partial charge in [-0.3, -0.25) is 0 Å². The summed E-state index contributed by atoms with van der Waals surface area (Å²) in [5, 5.41) is 0. The van der Waals surface area contributed by atoms with Gasteiger partial charge in [0.25, 0.3) is 0 Å². The van der Waals surface area contributed by atoms with Gasteiger partial charge in [-0.2, -0.15) is 0 Å². The summed E-state index contributed by atoms with van der Waals surface area (Å²) in [6.45, 7) is 6.63. The van der Waals surface area contributed by atoms with Gasteiger partial charge >= 0.3 is 123 Å². The number of methoxy groups -OCH3 is 1. The van der Waals surface area contributed by atoms with Crippen LogP contribution in [0.4, 0.5) is 0 Å². The average molecular weight is 411 g/mol. The van der Waals surface area contributed by atoms with Crippen LogP contribution in [0, 0.1) is 0 Å². The molecule has 2 aliphatic carbocycles. The fraction of sp³-hybridized carbons (Fsp3) is 0.429. The second kappa shape index (κ2) is 8.63. The van der Waals surface area contributed by atoms with Crippen LogP contribution in [-0.2, 0) is 32.4 Å². The topological polar surface area (TPSA) is 18.5 Å². The Morgan fingerprint density at radius 2 is 1.85 bits per heavy atom. The summed E-state index contributed by atoms with van der Waals surface area (Å²) in [7, 11) is 0.222. The van der Waals surface area contributed by atoms with E-state index in [1.807, 2.05) is 0 Å². The third kappa shape index (κ3) is 5.55. The Kier molecular flexibility index (Phi) is 8.73. The Labute approximate surface area is 146 Å². The molecular weight excluding hydrogens is 390 g/mol. The van der Waals surface area contributed by atoms with Crippen molar-refractivity contribution in [2.45, 2.75) is 32.5 Å². The van der Waals surface area contributed by atoms with Gasteiger partial charge in [0.1, 0.15) is 0 Å². The van der Waals surface area contributed by atoms with Crippen molar-refractivity contribution < 1.29 is 57.2 Å². The van der Waals surface area contributed by atoms with E-state index >= 15 is 0 Å². The Morgan fingerprint density at radius 1 is 1.15 bits per heavy atom. The van der Waals surface area contributed by atoms with Crippen LogP contribution in [0.1, 0.15) is 12.8 Å². The van der Waals surface area contributed by atoms with Crippen molar-refractivity contribution in [3.8, 4) is 0 Å². The maximum Gasteiger partial charge on any atom is -1.00 e. The fourth-order valence-electron chi connectivity index (χ4n) is 2.01. The molecule has 0 amide bonds. The van der Waals surface area contributed by atoms with Crippen molar-refractivity contribution in [3.05, 3.63) is 42.4 Å². The molecule has 2 nitrogen and oxygen atoms in total. The molecule has 2 aliphatic rings. The van der Waals surface area contributed by atoms with Gasteiger partial charge in [-0.25, -0.2) is 0 Å². The first-order chi connectivity index (χ1) is 8.49. The maximum atomic E-state index is 6.11. The Bertz CT molecular complexity index is 462. The zero-order valence-corrected chi connectivity index (χ0v) is 17.3. The molecule has 0 unspecified atom stereocenters. The SMILES string of the molecule is COC1=[C]([Zr+2][C]2=CC=CC2)CC=C1O[Si](C)(C)C.[Cl-].[Cl-]. The summed E-state index contributed by atoms with van der Waals surface area (Å²) in [5.74, 6) is 2.04. The standard InChI is InChI=1S/C9H15O2Si.C5H5.2ClH.Zr/c1-10-8-6-5-7-9(8)11-12(2,3)4;1-2-4-5-3-1;;;/h7H,5H2,1-4H3;1-3H,4H2;2*1H;/q;;;;+2/p-2. The zero-order chi connectivity index (χ0) is 13.2. The number of rotatable bonds is 5. The summed E-state index contributed by atoms with van der Waals surface area (Å²) >= 11 is -0.644. The van der Waals surface area contributed by atoms with Gasteiger partial charge in [-0.1, -0.05) is 0 Å². The van der Waals surface area contributed by atoms with Gasteiger partial charge in [-0.15, -0.1) is 0 Å². The zero-order valence-electron chi connectivity index (χ0n) is 12.3. The van der Waals surface area contributed by atoms with Crippen molar-refractivity contribution >= 4 is 8.32 Å². The summed E-state index contributed by atoms with van der Waals surface area (Å²) in [6.07, 6.45) is 11.1. The van der Waals surface area contributed by atoms with Gasteiger partial charge in [0.15, 0.2) is 0 Å².